The lowest BCUT2D eigenvalue weighted by Crippen LogP contribution is -2.10. The molecule has 0 unspecified atom stereocenters. The number of benzene rings is 26. The molecule has 26 aromatic carbocycles. The van der Waals surface area contributed by atoms with Crippen LogP contribution in [0.3, 0.4) is 0 Å². The van der Waals surface area contributed by atoms with Crippen molar-refractivity contribution in [1.29, 1.82) is 0 Å². The van der Waals surface area contributed by atoms with Gasteiger partial charge in [-0.05, 0) is 292 Å². The maximum atomic E-state index is 6.59. The van der Waals surface area contributed by atoms with Crippen molar-refractivity contribution in [2.24, 2.45) is 0 Å². The molecule has 0 aliphatic carbocycles. The van der Waals surface area contributed by atoms with Crippen molar-refractivity contribution in [3.63, 3.8) is 0 Å². The van der Waals surface area contributed by atoms with Crippen LogP contribution in [0.15, 0.2) is 593 Å². The highest BCUT2D eigenvalue weighted by Crippen LogP contribution is 2.52. The highest BCUT2D eigenvalue weighted by Gasteiger charge is 2.26. The van der Waals surface area contributed by atoms with Crippen LogP contribution in [0.1, 0.15) is 0 Å². The van der Waals surface area contributed by atoms with E-state index in [1.165, 1.54) is 191 Å². The van der Waals surface area contributed by atoms with Crippen LogP contribution < -0.4 is 14.7 Å². The second kappa shape index (κ2) is 39.8. The van der Waals surface area contributed by atoms with Crippen LogP contribution in [-0.4, -0.2) is 0 Å². The number of anilines is 9. The fourth-order valence-corrected chi connectivity index (χ4v) is 23.3. The van der Waals surface area contributed by atoms with Gasteiger partial charge in [0.25, 0.3) is 0 Å². The SMILES string of the molecule is c1ccc(-c2cc3ccccc3c3cccc(-c4ccc(N(c5ccccc5)c5cccc6c5sc5ccccc56)cc4)c23)cc1.c1ccc(-c2ccc(N(c3ccc(-c4cccc5c4c(-c4ccccc4)cc4ccccc45)cc3)c3cccc(-c4ccccc4)c3)cc2)cc1.c1ccc(-c2ccc(N(c3ccc(-c4cccc5c4c(-c4ccccc4)cc4ccccc45)cc3)c3cccc4c3oc3ccccc34)cc2)cc1. The van der Waals surface area contributed by atoms with E-state index in [4.69, 9.17) is 4.42 Å². The van der Waals surface area contributed by atoms with Crippen LogP contribution in [0.4, 0.5) is 51.2 Å². The molecule has 5 heteroatoms. The Labute approximate surface area is 870 Å². The van der Waals surface area contributed by atoms with Gasteiger partial charge in [-0.15, -0.1) is 11.3 Å². The average Bonchev–Trinajstić information content (AvgIpc) is 1.72. The van der Waals surface area contributed by atoms with Gasteiger partial charge >= 0.3 is 0 Å². The molecule has 0 saturated carbocycles. The first-order valence-electron chi connectivity index (χ1n) is 51.0. The van der Waals surface area contributed by atoms with Gasteiger partial charge in [0.05, 0.1) is 16.1 Å². The lowest BCUT2D eigenvalue weighted by molar-refractivity contribution is 0.669. The molecule has 700 valence electrons. The number of hydrogen-bond acceptors (Lipinski definition) is 5. The summed E-state index contributed by atoms with van der Waals surface area (Å²) in [5.74, 6) is 0. The van der Waals surface area contributed by atoms with Gasteiger partial charge in [-0.3, -0.25) is 0 Å². The third kappa shape index (κ3) is 17.3. The van der Waals surface area contributed by atoms with Crippen molar-refractivity contribution in [2.45, 2.75) is 0 Å². The molecule has 2 heterocycles. The fourth-order valence-electron chi connectivity index (χ4n) is 22.1. The summed E-state index contributed by atoms with van der Waals surface area (Å²) >= 11 is 1.87. The van der Waals surface area contributed by atoms with Gasteiger partial charge in [0.15, 0.2) is 5.58 Å². The number of nitrogens with zero attached hydrogens (tertiary/aromatic N) is 3. The third-order valence-electron chi connectivity index (χ3n) is 29.2. The Morgan fingerprint density at radius 3 is 0.839 bits per heavy atom. The van der Waals surface area contributed by atoms with E-state index in [0.717, 1.165) is 67.4 Å². The Kier molecular flexibility index (Phi) is 24.0. The number of para-hydroxylation sites is 3. The highest BCUT2D eigenvalue weighted by atomic mass is 32.1. The minimum Gasteiger partial charge on any atom is -0.454 e. The van der Waals surface area contributed by atoms with Gasteiger partial charge in [0, 0.05) is 66.1 Å². The van der Waals surface area contributed by atoms with Crippen LogP contribution >= 0.6 is 11.3 Å². The minimum atomic E-state index is 0.869. The molecule has 0 radical (unpaired) electrons. The predicted molar refractivity (Wildman–Crippen MR) is 638 cm³/mol. The summed E-state index contributed by atoms with van der Waals surface area (Å²) in [4.78, 5) is 7.07. The standard InChI is InChI=1S/C50H33NO.C50H35N.C44H29NS/c1-3-13-34(14-4-1)35-25-29-39(30-26-35)51(47-23-12-22-45-43-19-9-10-24-48(43)52-50(45)47)40-31-27-37(28-32-40)42-20-11-21-44-41-18-8-7-17-38(41)33-46(49(42)44)36-15-5-2-6-16-36;1-4-14-36(15-5-1)38-26-30-43(31-27-38)51(45-22-12-21-41(34-45)37-16-6-2-7-17-37)44-32-28-40(29-33-44)47-24-13-25-48-46-23-11-10-20-42(46)35-49(50(47)48)39-18-8-3-9-19-39;1-3-13-30(14-4-1)40-29-32-15-7-8-18-35(32)38-21-11-20-36(43(38)40)31-25-27-34(28-26-31)45(33-16-5-2-6-17-33)41-23-12-22-39-37-19-9-10-24-42(37)46-44(39)41/h1-33H;1-35H;1-29H. The van der Waals surface area contributed by atoms with Crippen LogP contribution in [0.25, 0.3) is 207 Å². The summed E-state index contributed by atoms with van der Waals surface area (Å²) in [6.07, 6.45) is 0. The van der Waals surface area contributed by atoms with E-state index in [0.29, 0.717) is 0 Å². The van der Waals surface area contributed by atoms with Gasteiger partial charge in [0.1, 0.15) is 5.58 Å². The van der Waals surface area contributed by atoms with Gasteiger partial charge in [0.2, 0.25) is 0 Å². The molecule has 0 bridgehead atoms. The molecule has 28 aromatic rings. The molecule has 0 atom stereocenters. The van der Waals surface area contributed by atoms with E-state index in [2.05, 4.69) is 591 Å². The Bertz CT molecular complexity index is 9770. The Balaban J connectivity index is 0.000000113. The molecule has 28 rings (SSSR count). The molecule has 0 fully saturated rings. The van der Waals surface area contributed by atoms with Crippen molar-refractivity contribution >= 4 is 169 Å². The first-order valence-corrected chi connectivity index (χ1v) is 51.8. The predicted octanol–water partition coefficient (Wildman–Crippen LogP) is 41.7. The highest BCUT2D eigenvalue weighted by molar-refractivity contribution is 7.26. The largest absolute Gasteiger partial charge is 0.454 e. The van der Waals surface area contributed by atoms with Crippen molar-refractivity contribution in [3.05, 3.63) is 588 Å². The number of fused-ring (bicyclic) bond motifs is 15. The summed E-state index contributed by atoms with van der Waals surface area (Å²) in [7, 11) is 0. The maximum absolute atomic E-state index is 6.59. The van der Waals surface area contributed by atoms with Gasteiger partial charge in [-0.2, -0.15) is 0 Å². The summed E-state index contributed by atoms with van der Waals surface area (Å²) in [6, 6.07) is 212. The van der Waals surface area contributed by atoms with Crippen LogP contribution in [0.5, 0.6) is 0 Å². The van der Waals surface area contributed by atoms with E-state index in [1.807, 2.05) is 23.5 Å². The zero-order valence-electron chi connectivity index (χ0n) is 81.7. The molecule has 0 aliphatic heterocycles. The van der Waals surface area contributed by atoms with Crippen molar-refractivity contribution in [3.8, 4) is 100 Å². The quantitative estimate of drug-likeness (QED) is 0.0799. The number of thiophene rings is 1. The van der Waals surface area contributed by atoms with Crippen molar-refractivity contribution in [2.75, 3.05) is 14.7 Å². The van der Waals surface area contributed by atoms with E-state index in [-0.39, 0.29) is 0 Å². The summed E-state index contributed by atoms with van der Waals surface area (Å²) in [5, 5.41) is 20.0. The number of rotatable bonds is 18. The van der Waals surface area contributed by atoms with E-state index in [9.17, 15) is 0 Å². The smallest absolute Gasteiger partial charge is 0.159 e. The molecule has 0 aliphatic rings. The molecule has 0 spiro atoms. The van der Waals surface area contributed by atoms with Crippen molar-refractivity contribution < 1.29 is 4.42 Å². The molecule has 2 aromatic heterocycles. The number of hydrogen-bond donors (Lipinski definition) is 0. The zero-order valence-corrected chi connectivity index (χ0v) is 82.5. The molecule has 0 N–H and O–H groups in total. The summed E-state index contributed by atoms with van der Waals surface area (Å²) in [5.41, 5.74) is 33.5. The van der Waals surface area contributed by atoms with Crippen LogP contribution in [0, 0.1) is 0 Å². The number of furan rings is 1. The third-order valence-corrected chi connectivity index (χ3v) is 30.4. The summed E-state index contributed by atoms with van der Waals surface area (Å²) < 4.78 is 9.20. The molecular weight excluding hydrogens is 1820 g/mol. The normalized spacial score (nSPS) is 11.4. The first kappa shape index (κ1) is 89.8. The van der Waals surface area contributed by atoms with E-state index < -0.39 is 0 Å². The topological polar surface area (TPSA) is 22.9 Å². The van der Waals surface area contributed by atoms with Crippen molar-refractivity contribution in [1.82, 2.24) is 0 Å². The Morgan fingerprint density at radius 2 is 0.416 bits per heavy atom. The Hall–Kier alpha value is -19.3. The fraction of sp³-hybridized carbons (Fsp3) is 0. The monoisotopic (exact) mass is 1920 g/mol. The van der Waals surface area contributed by atoms with Crippen LogP contribution in [-0.2, 0) is 0 Å². The second-order valence-corrected chi connectivity index (χ2v) is 39.0. The summed E-state index contributed by atoms with van der Waals surface area (Å²) in [6.45, 7) is 0. The van der Waals surface area contributed by atoms with Gasteiger partial charge in [-0.25, -0.2) is 0 Å². The molecule has 4 nitrogen and oxygen atoms in total. The lowest BCUT2D eigenvalue weighted by atomic mass is 9.88. The first-order chi connectivity index (χ1) is 73.9. The van der Waals surface area contributed by atoms with Crippen LogP contribution in [0.2, 0.25) is 0 Å². The molecule has 0 amide bonds. The van der Waals surface area contributed by atoms with Gasteiger partial charge in [-0.1, -0.05) is 461 Å². The average molecular weight is 1920 g/mol. The second-order valence-electron chi connectivity index (χ2n) is 37.9. The zero-order chi connectivity index (χ0) is 98.9. The minimum absolute atomic E-state index is 0.869. The Morgan fingerprint density at radius 1 is 0.148 bits per heavy atom. The van der Waals surface area contributed by atoms with Gasteiger partial charge < -0.3 is 19.1 Å². The lowest BCUT2D eigenvalue weighted by Gasteiger charge is -2.26. The maximum Gasteiger partial charge on any atom is 0.159 e. The molecule has 0 saturated heterocycles. The van der Waals surface area contributed by atoms with E-state index in [1.54, 1.807) is 0 Å². The molecular formula is C144H97N3OS. The van der Waals surface area contributed by atoms with E-state index >= 15 is 0 Å². The molecule has 149 heavy (non-hydrogen) atoms.